The lowest BCUT2D eigenvalue weighted by molar-refractivity contribution is 0.0595. The molecule has 2 aromatic rings. The van der Waals surface area contributed by atoms with Gasteiger partial charge in [0.25, 0.3) is 0 Å². The van der Waals surface area contributed by atoms with Gasteiger partial charge in [-0.15, -0.1) is 11.3 Å². The van der Waals surface area contributed by atoms with Crippen molar-refractivity contribution in [2.45, 2.75) is 6.92 Å². The molecule has 1 aromatic carbocycles. The molecule has 0 unspecified atom stereocenters. The predicted molar refractivity (Wildman–Crippen MR) is 76.3 cm³/mol. The number of rotatable bonds is 2. The van der Waals surface area contributed by atoms with Crippen molar-refractivity contribution in [1.82, 2.24) is 4.98 Å². The van der Waals surface area contributed by atoms with Crippen LogP contribution in [-0.2, 0) is 4.74 Å². The summed E-state index contributed by atoms with van der Waals surface area (Å²) in [5.41, 5.74) is 2.24. The molecule has 3 nitrogen and oxygen atoms in total. The van der Waals surface area contributed by atoms with Crippen LogP contribution in [0.4, 0.5) is 0 Å². The highest BCUT2D eigenvalue weighted by atomic mass is 79.9. The zero-order valence-electron chi connectivity index (χ0n) is 9.66. The van der Waals surface area contributed by atoms with Gasteiger partial charge in [-0.25, -0.2) is 9.78 Å². The van der Waals surface area contributed by atoms with Crippen LogP contribution >= 0.6 is 38.9 Å². The van der Waals surface area contributed by atoms with Gasteiger partial charge in [0.2, 0.25) is 0 Å². The molecule has 1 aromatic heterocycles. The molecule has 0 aliphatic carbocycles. The van der Waals surface area contributed by atoms with Crippen LogP contribution in [0.15, 0.2) is 22.1 Å². The molecule has 0 saturated carbocycles. The number of carbonyl (C=O) groups excluding carboxylic acids is 1. The van der Waals surface area contributed by atoms with E-state index in [0.717, 1.165) is 16.0 Å². The minimum Gasteiger partial charge on any atom is -0.464 e. The van der Waals surface area contributed by atoms with E-state index in [0.29, 0.717) is 14.6 Å². The van der Waals surface area contributed by atoms with Crippen molar-refractivity contribution in [2.24, 2.45) is 0 Å². The summed E-state index contributed by atoms with van der Waals surface area (Å²) in [5.74, 6) is -0.443. The number of carbonyl (C=O) groups is 1. The van der Waals surface area contributed by atoms with Crippen molar-refractivity contribution >= 4 is 44.8 Å². The average molecular weight is 347 g/mol. The third-order valence-corrected chi connectivity index (χ3v) is 4.19. The lowest BCUT2D eigenvalue weighted by atomic mass is 10.1. The van der Waals surface area contributed by atoms with E-state index in [1.165, 1.54) is 18.4 Å². The number of hydrogen-bond acceptors (Lipinski definition) is 4. The highest BCUT2D eigenvalue weighted by Gasteiger charge is 2.20. The second kappa shape index (κ2) is 5.38. The first-order chi connectivity index (χ1) is 8.52. The fraction of sp³-hybridized carbons (Fsp3) is 0.167. The topological polar surface area (TPSA) is 39.2 Å². The number of thiazole rings is 1. The van der Waals surface area contributed by atoms with Crippen molar-refractivity contribution in [3.05, 3.63) is 38.4 Å². The third-order valence-electron chi connectivity index (χ3n) is 2.41. The lowest BCUT2D eigenvalue weighted by Crippen LogP contribution is -2.03. The van der Waals surface area contributed by atoms with Crippen LogP contribution < -0.4 is 0 Å². The fourth-order valence-electron chi connectivity index (χ4n) is 1.59. The van der Waals surface area contributed by atoms with Crippen molar-refractivity contribution < 1.29 is 9.53 Å². The molecule has 0 fully saturated rings. The molecule has 0 spiro atoms. The minimum absolute atomic E-state index is 0.319. The molecule has 0 aliphatic rings. The minimum atomic E-state index is -0.443. The zero-order chi connectivity index (χ0) is 13.3. The van der Waals surface area contributed by atoms with Crippen LogP contribution in [0.2, 0.25) is 5.02 Å². The van der Waals surface area contributed by atoms with Gasteiger partial charge in [-0.2, -0.15) is 0 Å². The molecule has 18 heavy (non-hydrogen) atoms. The van der Waals surface area contributed by atoms with E-state index in [9.17, 15) is 4.79 Å². The van der Waals surface area contributed by atoms with Gasteiger partial charge >= 0.3 is 5.97 Å². The summed E-state index contributed by atoms with van der Waals surface area (Å²) in [6, 6.07) is 5.52. The summed E-state index contributed by atoms with van der Waals surface area (Å²) in [6.45, 7) is 1.94. The molecule has 0 saturated heterocycles. The summed E-state index contributed by atoms with van der Waals surface area (Å²) in [7, 11) is 1.34. The van der Waals surface area contributed by atoms with Gasteiger partial charge in [0.05, 0.1) is 12.0 Å². The molecule has 0 radical (unpaired) electrons. The summed E-state index contributed by atoms with van der Waals surface area (Å²) in [4.78, 5) is 16.6. The first kappa shape index (κ1) is 13.5. The van der Waals surface area contributed by atoms with Crippen LogP contribution in [0.3, 0.4) is 0 Å². The molecule has 0 aliphatic heterocycles. The maximum atomic E-state index is 11.7. The van der Waals surface area contributed by atoms with E-state index in [1.54, 1.807) is 6.07 Å². The average Bonchev–Trinajstić information content (AvgIpc) is 2.70. The molecule has 0 amide bonds. The Morgan fingerprint density at radius 3 is 2.83 bits per heavy atom. The monoisotopic (exact) mass is 345 g/mol. The van der Waals surface area contributed by atoms with Gasteiger partial charge in [-0.3, -0.25) is 0 Å². The van der Waals surface area contributed by atoms with Gasteiger partial charge < -0.3 is 4.74 Å². The van der Waals surface area contributed by atoms with E-state index in [-0.39, 0.29) is 0 Å². The van der Waals surface area contributed by atoms with Gasteiger partial charge in [0, 0.05) is 5.02 Å². The number of hydrogen-bond donors (Lipinski definition) is 0. The molecule has 0 bridgehead atoms. The number of aromatic nitrogens is 1. The Morgan fingerprint density at radius 1 is 1.50 bits per heavy atom. The standard InChI is InChI=1S/C12H9BrClNO2S/c1-6-5-7(14)3-4-8(6)10-9(11(16)17-2)15-12(13)18-10/h3-5H,1-2H3. The van der Waals surface area contributed by atoms with Gasteiger partial charge in [-0.05, 0) is 46.1 Å². The maximum Gasteiger partial charge on any atom is 0.358 e. The second-order valence-electron chi connectivity index (χ2n) is 3.60. The first-order valence-corrected chi connectivity index (χ1v) is 7.03. The number of halogens is 2. The maximum absolute atomic E-state index is 11.7. The summed E-state index contributed by atoms with van der Waals surface area (Å²) in [5, 5.41) is 0.666. The predicted octanol–water partition coefficient (Wildman–Crippen LogP) is 4.32. The summed E-state index contributed by atoms with van der Waals surface area (Å²) < 4.78 is 5.38. The van der Waals surface area contributed by atoms with Crippen molar-refractivity contribution in [3.8, 4) is 10.4 Å². The van der Waals surface area contributed by atoms with Crippen LogP contribution in [-0.4, -0.2) is 18.1 Å². The van der Waals surface area contributed by atoms with Crippen molar-refractivity contribution in [1.29, 1.82) is 0 Å². The fourth-order valence-corrected chi connectivity index (χ4v) is 3.35. The molecule has 2 rings (SSSR count). The Morgan fingerprint density at radius 2 is 2.22 bits per heavy atom. The highest BCUT2D eigenvalue weighted by Crippen LogP contribution is 2.36. The highest BCUT2D eigenvalue weighted by molar-refractivity contribution is 9.11. The number of nitrogens with zero attached hydrogens (tertiary/aromatic N) is 1. The number of benzene rings is 1. The SMILES string of the molecule is COC(=O)c1nc(Br)sc1-c1ccc(Cl)cc1C. The molecule has 94 valence electrons. The molecule has 0 N–H and O–H groups in total. The van der Waals surface area contributed by atoms with Crippen molar-refractivity contribution in [3.63, 3.8) is 0 Å². The van der Waals surface area contributed by atoms with E-state index in [1.807, 2.05) is 19.1 Å². The largest absolute Gasteiger partial charge is 0.464 e. The molecule has 6 heteroatoms. The van der Waals surface area contributed by atoms with Crippen LogP contribution in [0.5, 0.6) is 0 Å². The zero-order valence-corrected chi connectivity index (χ0v) is 12.8. The van der Waals surface area contributed by atoms with E-state index < -0.39 is 5.97 Å². The van der Waals surface area contributed by atoms with Crippen molar-refractivity contribution in [2.75, 3.05) is 7.11 Å². The van der Waals surface area contributed by atoms with Crippen LogP contribution in [0.25, 0.3) is 10.4 Å². The molecular formula is C12H9BrClNO2S. The Hall–Kier alpha value is -0.910. The molecule has 1 heterocycles. The van der Waals surface area contributed by atoms with Gasteiger partial charge in [-0.1, -0.05) is 17.7 Å². The number of ether oxygens (including phenoxy) is 1. The molecular weight excluding hydrogens is 338 g/mol. The summed E-state index contributed by atoms with van der Waals surface area (Å²) in [6.07, 6.45) is 0. The van der Waals surface area contributed by atoms with E-state index in [4.69, 9.17) is 16.3 Å². The van der Waals surface area contributed by atoms with Crippen LogP contribution in [0.1, 0.15) is 16.1 Å². The number of aryl methyl sites for hydroxylation is 1. The Bertz CT molecular complexity index is 612. The smallest absolute Gasteiger partial charge is 0.358 e. The Kier molecular flexibility index (Phi) is 4.04. The van der Waals surface area contributed by atoms with Gasteiger partial charge in [0.15, 0.2) is 9.61 Å². The van der Waals surface area contributed by atoms with E-state index in [2.05, 4.69) is 20.9 Å². The Labute approximate surface area is 122 Å². The third kappa shape index (κ3) is 2.58. The first-order valence-electron chi connectivity index (χ1n) is 5.04. The Balaban J connectivity index is 2.60. The van der Waals surface area contributed by atoms with Crippen LogP contribution in [0, 0.1) is 6.92 Å². The quantitative estimate of drug-likeness (QED) is 0.760. The molecule has 0 atom stereocenters. The number of methoxy groups -OCH3 is 1. The number of esters is 1. The van der Waals surface area contributed by atoms with E-state index >= 15 is 0 Å². The lowest BCUT2D eigenvalue weighted by Gasteiger charge is -2.05. The second-order valence-corrected chi connectivity index (χ2v) is 6.31. The summed E-state index contributed by atoms with van der Waals surface area (Å²) >= 11 is 10.6. The normalized spacial score (nSPS) is 10.4. The van der Waals surface area contributed by atoms with Gasteiger partial charge in [0.1, 0.15) is 0 Å².